The average molecular weight is 346 g/mol. The molecule has 3 rings (SSSR count). The molecule has 126 valence electrons. The molecule has 0 aliphatic carbocycles. The molecule has 0 bridgehead atoms. The second-order valence-electron chi connectivity index (χ2n) is 5.67. The maximum Gasteiger partial charge on any atom is 0.306 e. The molecule has 1 aliphatic rings. The Morgan fingerprint density at radius 2 is 2.29 bits per heavy atom. The number of aryl methyl sites for hydroxylation is 1. The molecular weight excluding hydrogens is 328 g/mol. The van der Waals surface area contributed by atoms with E-state index >= 15 is 0 Å². The average Bonchev–Trinajstić information content (AvgIpc) is 3.00. The van der Waals surface area contributed by atoms with Crippen LogP contribution >= 0.6 is 11.3 Å². The number of thiazole rings is 1. The van der Waals surface area contributed by atoms with Gasteiger partial charge >= 0.3 is 5.97 Å². The van der Waals surface area contributed by atoms with E-state index in [4.69, 9.17) is 9.84 Å². The zero-order valence-corrected chi connectivity index (χ0v) is 14.1. The van der Waals surface area contributed by atoms with Crippen LogP contribution in [0.5, 0.6) is 0 Å². The summed E-state index contributed by atoms with van der Waals surface area (Å²) in [6.45, 7) is 3.06. The molecule has 0 radical (unpaired) electrons. The van der Waals surface area contributed by atoms with Gasteiger partial charge in [0, 0.05) is 29.6 Å². The molecule has 1 saturated heterocycles. The molecule has 1 fully saturated rings. The zero-order valence-electron chi connectivity index (χ0n) is 13.3. The van der Waals surface area contributed by atoms with Gasteiger partial charge in [-0.15, -0.1) is 11.3 Å². The van der Waals surface area contributed by atoms with Crippen LogP contribution in [0.2, 0.25) is 0 Å². The van der Waals surface area contributed by atoms with E-state index in [-0.39, 0.29) is 12.3 Å². The Labute approximate surface area is 143 Å². The highest BCUT2D eigenvalue weighted by molar-refractivity contribution is 7.09. The van der Waals surface area contributed by atoms with Gasteiger partial charge in [-0.2, -0.15) is 0 Å². The predicted molar refractivity (Wildman–Crippen MR) is 90.2 cm³/mol. The Kier molecular flexibility index (Phi) is 4.92. The zero-order chi connectivity index (χ0) is 17.1. The second kappa shape index (κ2) is 7.11. The fourth-order valence-corrected chi connectivity index (χ4v) is 3.33. The Morgan fingerprint density at radius 1 is 1.46 bits per heavy atom. The van der Waals surface area contributed by atoms with Crippen molar-refractivity contribution in [2.24, 2.45) is 0 Å². The van der Waals surface area contributed by atoms with Gasteiger partial charge in [0.25, 0.3) is 5.91 Å². The van der Waals surface area contributed by atoms with E-state index in [1.165, 1.54) is 0 Å². The molecule has 2 heterocycles. The first-order valence-electron chi connectivity index (χ1n) is 7.68. The number of hydrogen-bond acceptors (Lipinski definition) is 5. The van der Waals surface area contributed by atoms with Crippen molar-refractivity contribution in [2.45, 2.75) is 19.4 Å². The third-order valence-electron chi connectivity index (χ3n) is 3.85. The number of rotatable bonds is 4. The van der Waals surface area contributed by atoms with Crippen LogP contribution in [0.4, 0.5) is 0 Å². The minimum Gasteiger partial charge on any atom is -0.481 e. The van der Waals surface area contributed by atoms with E-state index in [0.29, 0.717) is 25.3 Å². The van der Waals surface area contributed by atoms with Gasteiger partial charge in [0.05, 0.1) is 29.8 Å². The van der Waals surface area contributed by atoms with E-state index in [1.54, 1.807) is 22.3 Å². The lowest BCUT2D eigenvalue weighted by Gasteiger charge is -2.32. The van der Waals surface area contributed by atoms with Gasteiger partial charge in [-0.05, 0) is 19.1 Å². The Bertz CT molecular complexity index is 759. The van der Waals surface area contributed by atoms with Crippen molar-refractivity contribution in [3.05, 3.63) is 40.2 Å². The molecule has 1 amide bonds. The lowest BCUT2D eigenvalue weighted by molar-refractivity contribution is -0.141. The fraction of sp³-hybridized carbons (Fsp3) is 0.353. The number of hydrogen-bond donors (Lipinski definition) is 1. The van der Waals surface area contributed by atoms with Crippen LogP contribution in [0.1, 0.15) is 21.8 Å². The summed E-state index contributed by atoms with van der Waals surface area (Å²) in [5.41, 5.74) is 2.34. The van der Waals surface area contributed by atoms with Crippen molar-refractivity contribution in [1.29, 1.82) is 0 Å². The molecule has 1 aliphatic heterocycles. The number of morpholine rings is 1. The van der Waals surface area contributed by atoms with Gasteiger partial charge in [0.15, 0.2) is 0 Å². The summed E-state index contributed by atoms with van der Waals surface area (Å²) < 4.78 is 5.42. The quantitative estimate of drug-likeness (QED) is 0.920. The molecule has 0 spiro atoms. The van der Waals surface area contributed by atoms with Crippen molar-refractivity contribution >= 4 is 23.2 Å². The van der Waals surface area contributed by atoms with Crippen molar-refractivity contribution in [2.75, 3.05) is 19.7 Å². The van der Waals surface area contributed by atoms with Crippen LogP contribution in [-0.4, -0.2) is 52.7 Å². The summed E-state index contributed by atoms with van der Waals surface area (Å²) in [6.07, 6.45) is -0.549. The monoisotopic (exact) mass is 346 g/mol. The lowest BCUT2D eigenvalue weighted by atomic mass is 10.1. The van der Waals surface area contributed by atoms with E-state index in [9.17, 15) is 9.59 Å². The smallest absolute Gasteiger partial charge is 0.306 e. The molecule has 2 aromatic rings. The number of carbonyl (C=O) groups is 2. The number of carboxylic acid groups (broad SMARTS) is 1. The number of aromatic nitrogens is 1. The largest absolute Gasteiger partial charge is 0.481 e. The SMILES string of the molecule is Cc1nc(-c2cccc(C(=O)N3CCO[C@H](CC(=O)O)C3)c2)cs1. The van der Waals surface area contributed by atoms with E-state index in [1.807, 2.05) is 30.5 Å². The second-order valence-corrected chi connectivity index (χ2v) is 6.74. The maximum absolute atomic E-state index is 12.7. The number of nitrogens with zero attached hydrogens (tertiary/aromatic N) is 2. The van der Waals surface area contributed by atoms with Crippen molar-refractivity contribution in [3.63, 3.8) is 0 Å². The highest BCUT2D eigenvalue weighted by Gasteiger charge is 2.26. The Morgan fingerprint density at radius 3 is 3.00 bits per heavy atom. The third-order valence-corrected chi connectivity index (χ3v) is 4.63. The number of carbonyl (C=O) groups excluding carboxylic acids is 1. The highest BCUT2D eigenvalue weighted by atomic mass is 32.1. The van der Waals surface area contributed by atoms with Crippen LogP contribution in [0.15, 0.2) is 29.6 Å². The van der Waals surface area contributed by atoms with Crippen molar-refractivity contribution in [1.82, 2.24) is 9.88 Å². The summed E-state index contributed by atoms with van der Waals surface area (Å²) >= 11 is 1.57. The van der Waals surface area contributed by atoms with Gasteiger partial charge < -0.3 is 14.7 Å². The first-order chi connectivity index (χ1) is 11.5. The number of ether oxygens (including phenoxy) is 1. The van der Waals surface area contributed by atoms with Gasteiger partial charge in [-0.1, -0.05) is 12.1 Å². The van der Waals surface area contributed by atoms with Crippen LogP contribution in [0.25, 0.3) is 11.3 Å². The molecular formula is C17H18N2O4S. The normalized spacial score (nSPS) is 17.7. The summed E-state index contributed by atoms with van der Waals surface area (Å²) in [7, 11) is 0. The molecule has 6 nitrogen and oxygen atoms in total. The van der Waals surface area contributed by atoms with E-state index in [2.05, 4.69) is 4.98 Å². The van der Waals surface area contributed by atoms with Crippen molar-refractivity contribution < 1.29 is 19.4 Å². The Hall–Kier alpha value is -2.25. The van der Waals surface area contributed by atoms with Gasteiger partial charge in [0.1, 0.15) is 0 Å². The molecule has 1 N–H and O–H groups in total. The predicted octanol–water partition coefficient (Wildman–Crippen LogP) is 2.43. The maximum atomic E-state index is 12.7. The van der Waals surface area contributed by atoms with Gasteiger partial charge in [-0.25, -0.2) is 4.98 Å². The first kappa shape index (κ1) is 16.6. The molecule has 7 heteroatoms. The fourth-order valence-electron chi connectivity index (χ4n) is 2.71. The topological polar surface area (TPSA) is 79.7 Å². The molecule has 1 aromatic heterocycles. The number of benzene rings is 1. The summed E-state index contributed by atoms with van der Waals surface area (Å²) in [5.74, 6) is -1.03. The van der Waals surface area contributed by atoms with Gasteiger partial charge in [0.2, 0.25) is 0 Å². The molecule has 0 unspecified atom stereocenters. The van der Waals surface area contributed by atoms with Crippen LogP contribution < -0.4 is 0 Å². The number of carboxylic acids is 1. The Balaban J connectivity index is 1.76. The standard InChI is InChI=1S/C17H18N2O4S/c1-11-18-15(10-24-11)12-3-2-4-13(7-12)17(22)19-5-6-23-14(9-19)8-16(20)21/h2-4,7,10,14H,5-6,8-9H2,1H3,(H,20,21)/t14-/m1/s1. The molecule has 1 atom stereocenters. The summed E-state index contributed by atoms with van der Waals surface area (Å²) in [4.78, 5) is 29.7. The number of aliphatic carboxylic acids is 1. The molecule has 1 aromatic carbocycles. The lowest BCUT2D eigenvalue weighted by Crippen LogP contribution is -2.46. The van der Waals surface area contributed by atoms with E-state index in [0.717, 1.165) is 16.3 Å². The molecule has 0 saturated carbocycles. The van der Waals surface area contributed by atoms with E-state index < -0.39 is 12.1 Å². The summed E-state index contributed by atoms with van der Waals surface area (Å²) in [6, 6.07) is 7.37. The minimum absolute atomic E-state index is 0.0953. The highest BCUT2D eigenvalue weighted by Crippen LogP contribution is 2.23. The van der Waals surface area contributed by atoms with Crippen molar-refractivity contribution in [3.8, 4) is 11.3 Å². The van der Waals surface area contributed by atoms with Crippen LogP contribution in [0, 0.1) is 6.92 Å². The minimum atomic E-state index is -0.921. The van der Waals surface area contributed by atoms with Crippen LogP contribution in [-0.2, 0) is 9.53 Å². The van der Waals surface area contributed by atoms with Crippen LogP contribution in [0.3, 0.4) is 0 Å². The third kappa shape index (κ3) is 3.80. The number of amides is 1. The first-order valence-corrected chi connectivity index (χ1v) is 8.56. The molecule has 24 heavy (non-hydrogen) atoms. The van der Waals surface area contributed by atoms with Gasteiger partial charge in [-0.3, -0.25) is 9.59 Å². The summed E-state index contributed by atoms with van der Waals surface area (Å²) in [5, 5.41) is 11.8.